The molecule has 0 unspecified atom stereocenters. The number of nitrogens with one attached hydrogen (secondary N) is 1. The number of methoxy groups -OCH3 is 1. The van der Waals surface area contributed by atoms with E-state index in [4.69, 9.17) is 9.47 Å². The van der Waals surface area contributed by atoms with Crippen molar-refractivity contribution in [1.29, 1.82) is 0 Å². The second-order valence-corrected chi connectivity index (χ2v) is 3.17. The van der Waals surface area contributed by atoms with Gasteiger partial charge in [0.05, 0.1) is 6.10 Å². The SMILES string of the molecule is COCCCOC1CCNCC1. The second-order valence-electron chi connectivity index (χ2n) is 3.17. The molecule has 0 aromatic carbocycles. The number of hydrogen-bond donors (Lipinski definition) is 1. The van der Waals surface area contributed by atoms with Crippen molar-refractivity contribution >= 4 is 0 Å². The quantitative estimate of drug-likeness (QED) is 0.624. The minimum Gasteiger partial charge on any atom is -0.385 e. The smallest absolute Gasteiger partial charge is 0.0599 e. The van der Waals surface area contributed by atoms with Crippen molar-refractivity contribution in [1.82, 2.24) is 5.32 Å². The molecule has 1 rings (SSSR count). The van der Waals surface area contributed by atoms with Crippen molar-refractivity contribution < 1.29 is 9.47 Å². The highest BCUT2D eigenvalue weighted by atomic mass is 16.5. The molecular formula is C9H19NO2. The normalized spacial score (nSPS) is 19.8. The fraction of sp³-hybridized carbons (Fsp3) is 1.00. The lowest BCUT2D eigenvalue weighted by atomic mass is 10.1. The van der Waals surface area contributed by atoms with Gasteiger partial charge >= 0.3 is 0 Å². The van der Waals surface area contributed by atoms with E-state index in [-0.39, 0.29) is 0 Å². The van der Waals surface area contributed by atoms with Crippen LogP contribution in [-0.4, -0.2) is 39.5 Å². The van der Waals surface area contributed by atoms with Gasteiger partial charge in [0.2, 0.25) is 0 Å². The molecule has 1 fully saturated rings. The summed E-state index contributed by atoms with van der Waals surface area (Å²) in [7, 11) is 1.73. The van der Waals surface area contributed by atoms with E-state index in [2.05, 4.69) is 5.32 Å². The predicted molar refractivity (Wildman–Crippen MR) is 48.3 cm³/mol. The maximum absolute atomic E-state index is 5.66. The second kappa shape index (κ2) is 6.40. The Morgan fingerprint density at radius 1 is 1.25 bits per heavy atom. The molecule has 12 heavy (non-hydrogen) atoms. The summed E-state index contributed by atoms with van der Waals surface area (Å²) in [6.07, 6.45) is 3.82. The zero-order chi connectivity index (χ0) is 8.65. The molecule has 1 saturated heterocycles. The Kier molecular flexibility index (Phi) is 5.32. The highest BCUT2D eigenvalue weighted by Crippen LogP contribution is 2.07. The molecule has 1 aliphatic heterocycles. The van der Waals surface area contributed by atoms with Gasteiger partial charge in [0.1, 0.15) is 0 Å². The fourth-order valence-electron chi connectivity index (χ4n) is 1.42. The standard InChI is InChI=1S/C9H19NO2/c1-11-7-2-8-12-9-3-5-10-6-4-9/h9-10H,2-8H2,1H3. The van der Waals surface area contributed by atoms with Gasteiger partial charge in [-0.3, -0.25) is 0 Å². The zero-order valence-electron chi connectivity index (χ0n) is 7.84. The predicted octanol–water partition coefficient (Wildman–Crippen LogP) is 0.791. The Morgan fingerprint density at radius 3 is 2.67 bits per heavy atom. The van der Waals surface area contributed by atoms with Crippen LogP contribution in [0.25, 0.3) is 0 Å². The lowest BCUT2D eigenvalue weighted by Crippen LogP contribution is -2.32. The minimum atomic E-state index is 0.489. The Hall–Kier alpha value is -0.120. The molecule has 0 spiro atoms. The number of hydrogen-bond acceptors (Lipinski definition) is 3. The topological polar surface area (TPSA) is 30.5 Å². The molecule has 3 nitrogen and oxygen atoms in total. The van der Waals surface area contributed by atoms with E-state index < -0.39 is 0 Å². The first kappa shape index (κ1) is 9.96. The molecule has 0 atom stereocenters. The molecule has 1 heterocycles. The largest absolute Gasteiger partial charge is 0.385 e. The molecule has 1 N–H and O–H groups in total. The Balaban J connectivity index is 1.91. The summed E-state index contributed by atoms with van der Waals surface area (Å²) >= 11 is 0. The molecular weight excluding hydrogens is 154 g/mol. The number of piperidine rings is 1. The van der Waals surface area contributed by atoms with Crippen LogP contribution in [0.5, 0.6) is 0 Å². The first-order chi connectivity index (χ1) is 5.93. The molecule has 0 bridgehead atoms. The summed E-state index contributed by atoms with van der Waals surface area (Å²) in [5.41, 5.74) is 0. The average molecular weight is 173 g/mol. The van der Waals surface area contributed by atoms with Crippen molar-refractivity contribution in [2.45, 2.75) is 25.4 Å². The van der Waals surface area contributed by atoms with Gasteiger partial charge in [0, 0.05) is 20.3 Å². The van der Waals surface area contributed by atoms with Crippen molar-refractivity contribution in [3.8, 4) is 0 Å². The molecule has 1 aliphatic rings. The summed E-state index contributed by atoms with van der Waals surface area (Å²) in [4.78, 5) is 0. The minimum absolute atomic E-state index is 0.489. The Bertz CT molecular complexity index is 103. The third-order valence-electron chi connectivity index (χ3n) is 2.13. The van der Waals surface area contributed by atoms with E-state index in [0.717, 1.165) is 45.6 Å². The summed E-state index contributed by atoms with van der Waals surface area (Å²) < 4.78 is 10.6. The van der Waals surface area contributed by atoms with Crippen molar-refractivity contribution in [2.75, 3.05) is 33.4 Å². The van der Waals surface area contributed by atoms with Gasteiger partial charge in [0.15, 0.2) is 0 Å². The van der Waals surface area contributed by atoms with Gasteiger partial charge in [-0.05, 0) is 32.4 Å². The number of ether oxygens (including phenoxy) is 2. The van der Waals surface area contributed by atoms with E-state index >= 15 is 0 Å². The van der Waals surface area contributed by atoms with Crippen molar-refractivity contribution in [2.24, 2.45) is 0 Å². The highest BCUT2D eigenvalue weighted by Gasteiger charge is 2.12. The average Bonchev–Trinajstić information content (AvgIpc) is 2.14. The molecule has 0 amide bonds. The molecule has 0 aromatic heterocycles. The van der Waals surface area contributed by atoms with Crippen molar-refractivity contribution in [3.05, 3.63) is 0 Å². The summed E-state index contributed by atoms with van der Waals surface area (Å²) in [5.74, 6) is 0. The lowest BCUT2D eigenvalue weighted by molar-refractivity contribution is 0.0222. The van der Waals surface area contributed by atoms with Gasteiger partial charge < -0.3 is 14.8 Å². The number of rotatable bonds is 5. The third-order valence-corrected chi connectivity index (χ3v) is 2.13. The maximum Gasteiger partial charge on any atom is 0.0599 e. The summed E-state index contributed by atoms with van der Waals surface area (Å²) in [5, 5.41) is 3.31. The van der Waals surface area contributed by atoms with Gasteiger partial charge in [-0.1, -0.05) is 0 Å². The molecule has 0 aliphatic carbocycles. The van der Waals surface area contributed by atoms with E-state index in [1.165, 1.54) is 0 Å². The van der Waals surface area contributed by atoms with E-state index in [0.29, 0.717) is 6.10 Å². The van der Waals surface area contributed by atoms with Gasteiger partial charge in [-0.2, -0.15) is 0 Å². The summed E-state index contributed by atoms with van der Waals surface area (Å²) in [6.45, 7) is 3.87. The van der Waals surface area contributed by atoms with Gasteiger partial charge in [-0.25, -0.2) is 0 Å². The lowest BCUT2D eigenvalue weighted by Gasteiger charge is -2.22. The first-order valence-electron chi connectivity index (χ1n) is 4.74. The van der Waals surface area contributed by atoms with Crippen LogP contribution in [0, 0.1) is 0 Å². The van der Waals surface area contributed by atoms with E-state index in [1.807, 2.05) is 0 Å². The van der Waals surface area contributed by atoms with Crippen LogP contribution in [0.4, 0.5) is 0 Å². The zero-order valence-corrected chi connectivity index (χ0v) is 7.84. The van der Waals surface area contributed by atoms with Crippen LogP contribution >= 0.6 is 0 Å². The Labute approximate surface area is 74.4 Å². The molecule has 0 radical (unpaired) electrons. The molecule has 72 valence electrons. The van der Waals surface area contributed by atoms with Crippen molar-refractivity contribution in [3.63, 3.8) is 0 Å². The van der Waals surface area contributed by atoms with Crippen LogP contribution < -0.4 is 5.32 Å². The fourth-order valence-corrected chi connectivity index (χ4v) is 1.42. The van der Waals surface area contributed by atoms with Gasteiger partial charge in [-0.15, -0.1) is 0 Å². The maximum atomic E-state index is 5.66. The third kappa shape index (κ3) is 4.04. The highest BCUT2D eigenvalue weighted by molar-refractivity contribution is 4.67. The van der Waals surface area contributed by atoms with E-state index in [9.17, 15) is 0 Å². The van der Waals surface area contributed by atoms with E-state index in [1.54, 1.807) is 7.11 Å². The summed E-state index contributed by atoms with van der Waals surface area (Å²) in [6, 6.07) is 0. The Morgan fingerprint density at radius 2 is 2.00 bits per heavy atom. The molecule has 3 heteroatoms. The van der Waals surface area contributed by atoms with Crippen LogP contribution in [0.15, 0.2) is 0 Å². The van der Waals surface area contributed by atoms with Crippen LogP contribution in [0.1, 0.15) is 19.3 Å². The molecule has 0 saturated carbocycles. The monoisotopic (exact) mass is 173 g/mol. The molecule has 0 aromatic rings. The van der Waals surface area contributed by atoms with Crippen LogP contribution in [0.3, 0.4) is 0 Å². The van der Waals surface area contributed by atoms with Gasteiger partial charge in [0.25, 0.3) is 0 Å². The first-order valence-corrected chi connectivity index (χ1v) is 4.74. The van der Waals surface area contributed by atoms with Crippen LogP contribution in [0.2, 0.25) is 0 Å². The van der Waals surface area contributed by atoms with Crippen LogP contribution in [-0.2, 0) is 9.47 Å².